The van der Waals surface area contributed by atoms with E-state index < -0.39 is 53.1 Å². The molecule has 4 saturated heterocycles. The first-order valence-electron chi connectivity index (χ1n) is 26.6. The number of aromatic hydroxyl groups is 1. The first-order chi connectivity index (χ1) is 36.5. The van der Waals surface area contributed by atoms with Crippen LogP contribution in [0.1, 0.15) is 90.7 Å². The second-order valence-corrected chi connectivity index (χ2v) is 22.1. The van der Waals surface area contributed by atoms with Gasteiger partial charge < -0.3 is 40.7 Å². The van der Waals surface area contributed by atoms with Gasteiger partial charge >= 0.3 is 6.01 Å². The number of fused-ring (bicyclic) bond motifs is 4. The fourth-order valence-corrected chi connectivity index (χ4v) is 11.6. The number of unbranched alkanes of at least 4 members (excludes halogenated alkanes) is 1. The van der Waals surface area contributed by atoms with Crippen LogP contribution in [0.3, 0.4) is 0 Å². The summed E-state index contributed by atoms with van der Waals surface area (Å²) in [6, 6.07) is 19.2. The Bertz CT molecular complexity index is 3130. The lowest BCUT2D eigenvalue weighted by atomic mass is 9.85. The van der Waals surface area contributed by atoms with Crippen molar-refractivity contribution in [3.05, 3.63) is 108 Å². The highest BCUT2D eigenvalue weighted by molar-refractivity contribution is 6.00. The molecular weight excluding hydrogens is 976 g/mol. The van der Waals surface area contributed by atoms with Gasteiger partial charge in [-0.25, -0.2) is 13.2 Å². The number of carbonyl (C=O) groups excluding carboxylic acids is 3. The summed E-state index contributed by atoms with van der Waals surface area (Å²) in [5, 5.41) is 31.9. The number of halogens is 3. The number of likely N-dealkylation sites (tertiary alicyclic amines) is 2. The topological polar surface area (TPSA) is 185 Å². The van der Waals surface area contributed by atoms with Gasteiger partial charge in [-0.15, -0.1) is 0 Å². The lowest BCUT2D eigenvalue weighted by Crippen LogP contribution is -2.57. The van der Waals surface area contributed by atoms with Gasteiger partial charge in [-0.1, -0.05) is 69.3 Å². The van der Waals surface area contributed by atoms with Crippen molar-refractivity contribution in [2.24, 2.45) is 5.41 Å². The smallest absolute Gasteiger partial charge is 0.319 e. The molecule has 400 valence electrons. The summed E-state index contributed by atoms with van der Waals surface area (Å²) < 4.78 is 52.5. The van der Waals surface area contributed by atoms with Crippen LogP contribution in [-0.2, 0) is 14.4 Å². The molecule has 2 unspecified atom stereocenters. The van der Waals surface area contributed by atoms with Crippen molar-refractivity contribution in [3.8, 4) is 34.1 Å². The summed E-state index contributed by atoms with van der Waals surface area (Å²) >= 11 is 0. The zero-order valence-electron chi connectivity index (χ0n) is 43.4. The van der Waals surface area contributed by atoms with Crippen molar-refractivity contribution in [2.75, 3.05) is 44.2 Å². The number of aliphatic hydroxyl groups excluding tert-OH is 1. The Morgan fingerprint density at radius 3 is 2.41 bits per heavy atom. The number of amides is 3. The zero-order valence-corrected chi connectivity index (χ0v) is 43.4. The molecule has 3 amide bonds. The average Bonchev–Trinajstić information content (AvgIpc) is 4.12. The molecule has 76 heavy (non-hydrogen) atoms. The number of hydrogen-bond donors (Lipinski definition) is 5. The minimum Gasteiger partial charge on any atom is -0.508 e. The number of rotatable bonds is 16. The molecule has 2 aromatic heterocycles. The number of phenolic OH excluding ortho intramolecular Hbond substituents is 1. The molecular formula is C58H66F3N9O6. The summed E-state index contributed by atoms with van der Waals surface area (Å²) in [4.78, 5) is 61.5. The van der Waals surface area contributed by atoms with Gasteiger partial charge in [0, 0.05) is 67.7 Å². The number of anilines is 1. The number of benzene rings is 4. The second-order valence-electron chi connectivity index (χ2n) is 22.1. The molecule has 4 aromatic carbocycles. The van der Waals surface area contributed by atoms with Crippen LogP contribution in [0, 0.1) is 22.9 Å². The van der Waals surface area contributed by atoms with Crippen molar-refractivity contribution in [1.82, 2.24) is 40.7 Å². The van der Waals surface area contributed by atoms with E-state index >= 15 is 8.78 Å². The number of ether oxygens (including phenoxy) is 1. The molecule has 4 fully saturated rings. The van der Waals surface area contributed by atoms with Gasteiger partial charge in [0.2, 0.25) is 17.7 Å². The van der Waals surface area contributed by atoms with Gasteiger partial charge in [-0.3, -0.25) is 24.3 Å². The maximum Gasteiger partial charge on any atom is 0.319 e. The number of pyridine rings is 1. The fraction of sp³-hybridized carbons (Fsp3) is 0.448. The average molecular weight is 1040 g/mol. The lowest BCUT2D eigenvalue weighted by Gasteiger charge is -2.35. The Morgan fingerprint density at radius 1 is 0.895 bits per heavy atom. The Labute approximate surface area is 440 Å². The van der Waals surface area contributed by atoms with Gasteiger partial charge in [0.15, 0.2) is 5.82 Å². The molecule has 0 radical (unpaired) electrons. The predicted octanol–water partition coefficient (Wildman–Crippen LogP) is 7.96. The largest absolute Gasteiger partial charge is 0.508 e. The summed E-state index contributed by atoms with van der Waals surface area (Å²) in [6.07, 6.45) is 5.90. The molecule has 0 aliphatic carbocycles. The summed E-state index contributed by atoms with van der Waals surface area (Å²) in [5.74, 6) is -2.46. The van der Waals surface area contributed by atoms with Gasteiger partial charge in [0.25, 0.3) is 0 Å². The third-order valence-electron chi connectivity index (χ3n) is 15.5. The van der Waals surface area contributed by atoms with E-state index in [-0.39, 0.29) is 89.8 Å². The van der Waals surface area contributed by atoms with Crippen molar-refractivity contribution < 1.29 is 42.5 Å². The first-order valence-corrected chi connectivity index (χ1v) is 26.6. The molecule has 7 atom stereocenters. The number of aromatic nitrogens is 3. The van der Waals surface area contributed by atoms with Crippen LogP contribution in [0.4, 0.5) is 19.0 Å². The van der Waals surface area contributed by atoms with Crippen LogP contribution >= 0.6 is 0 Å². The standard InChI is InChI=1S/C58H66F3N9O6/c1-33(34-16-18-35(19-17-34)36-10-7-12-38(59)24-36)63-55(74)47-27-43(72)31-70(47)56(75)53(58(2,3)4)65-48(73)15-5-6-22-68-23-9-13-41(68)32-76-57-66-52-45(54(67-57)69-29-39-20-21-40(30-69)64-39)28-62-51(50(52)61)44-26-42(71)25-37-11-8-14-46(60)49(37)44/h7-8,10-12,14,16-19,24-26,28,33,39-41,43,47,53,64,71-72H,5-6,9,13,15,20-23,27,29-32H2,1-4H3,(H,63,74)(H,65,73)/t33-,39?,40?,41-,43+,47-,53+/m0/s1. The van der Waals surface area contributed by atoms with Crippen LogP contribution in [0.5, 0.6) is 11.8 Å². The Kier molecular flexibility index (Phi) is 15.2. The molecule has 18 heteroatoms. The van der Waals surface area contributed by atoms with Gasteiger partial charge in [0.1, 0.15) is 53.1 Å². The second kappa shape index (κ2) is 22.0. The Morgan fingerprint density at radius 2 is 1.66 bits per heavy atom. The molecule has 4 aliphatic rings. The Balaban J connectivity index is 0.761. The van der Waals surface area contributed by atoms with Crippen molar-refractivity contribution in [3.63, 3.8) is 0 Å². The highest BCUT2D eigenvalue weighted by atomic mass is 19.1. The SMILES string of the molecule is C[C@H](NC(=O)[C@@H]1C[C@@H](O)CN1C(=O)[C@@H](NC(=O)CCCCN1CCC[C@H]1COc1nc(N2CC3CCC(C2)N3)c2cnc(-c3cc(O)cc4cccc(F)c34)c(F)c2n1)C(C)(C)C)c1ccc(-c2cccc(F)c2)cc1. The highest BCUT2D eigenvalue weighted by Gasteiger charge is 2.45. The van der Waals surface area contributed by atoms with E-state index in [1.54, 1.807) is 12.1 Å². The fourth-order valence-electron chi connectivity index (χ4n) is 11.6. The Hall–Kier alpha value is -6.89. The van der Waals surface area contributed by atoms with E-state index in [2.05, 4.69) is 35.7 Å². The molecule has 0 saturated carbocycles. The number of piperazine rings is 1. The van der Waals surface area contributed by atoms with Gasteiger partial charge in [-0.05, 0) is 116 Å². The molecule has 2 bridgehead atoms. The third kappa shape index (κ3) is 11.3. The minimum atomic E-state index is -0.959. The lowest BCUT2D eigenvalue weighted by molar-refractivity contribution is -0.144. The van der Waals surface area contributed by atoms with Crippen molar-refractivity contribution in [1.29, 1.82) is 0 Å². The molecule has 6 aromatic rings. The predicted molar refractivity (Wildman–Crippen MR) is 284 cm³/mol. The molecule has 4 aliphatic heterocycles. The summed E-state index contributed by atoms with van der Waals surface area (Å²) in [7, 11) is 0. The third-order valence-corrected chi connectivity index (χ3v) is 15.5. The number of phenols is 1. The number of β-amino-alcohol motifs (C(OH)–C–C–N with tert-alkyl or cyclic N) is 1. The summed E-state index contributed by atoms with van der Waals surface area (Å²) in [6.45, 7) is 10.4. The van der Waals surface area contributed by atoms with Crippen LogP contribution < -0.4 is 25.6 Å². The molecule has 10 rings (SSSR count). The molecule has 0 spiro atoms. The monoisotopic (exact) mass is 1040 g/mol. The van der Waals surface area contributed by atoms with Crippen molar-refractivity contribution >= 4 is 45.2 Å². The highest BCUT2D eigenvalue weighted by Crippen LogP contribution is 2.39. The van der Waals surface area contributed by atoms with Crippen LogP contribution in [0.15, 0.2) is 85.1 Å². The number of nitrogens with zero attached hydrogens (tertiary/aromatic N) is 6. The van der Waals surface area contributed by atoms with Gasteiger partial charge in [-0.2, -0.15) is 9.97 Å². The van der Waals surface area contributed by atoms with Crippen molar-refractivity contribution in [2.45, 2.75) is 121 Å². The normalized spacial score (nSPS) is 21.6. The van der Waals surface area contributed by atoms with E-state index in [0.29, 0.717) is 49.1 Å². The molecule has 15 nitrogen and oxygen atoms in total. The first kappa shape index (κ1) is 52.5. The zero-order chi connectivity index (χ0) is 53.4. The number of carbonyl (C=O) groups is 3. The maximum atomic E-state index is 17.0. The van der Waals surface area contributed by atoms with E-state index in [1.807, 2.05) is 58.0 Å². The van der Waals surface area contributed by atoms with Crippen LogP contribution in [0.2, 0.25) is 0 Å². The van der Waals surface area contributed by atoms with E-state index in [0.717, 1.165) is 48.9 Å². The minimum absolute atomic E-state index is 0.00486. The quantitative estimate of drug-likeness (QED) is 0.0591. The number of aliphatic hydroxyl groups is 1. The van der Waals surface area contributed by atoms with Crippen LogP contribution in [0.25, 0.3) is 44.1 Å². The molecule has 5 N–H and O–H groups in total. The van der Waals surface area contributed by atoms with E-state index in [4.69, 9.17) is 9.72 Å². The summed E-state index contributed by atoms with van der Waals surface area (Å²) in [5.41, 5.74) is 1.59. The molecule has 6 heterocycles. The number of hydrogen-bond acceptors (Lipinski definition) is 12. The van der Waals surface area contributed by atoms with Crippen LogP contribution in [-0.4, -0.2) is 128 Å². The van der Waals surface area contributed by atoms with E-state index in [1.165, 1.54) is 47.5 Å². The van der Waals surface area contributed by atoms with E-state index in [9.17, 15) is 29.0 Å². The van der Waals surface area contributed by atoms with Gasteiger partial charge in [0.05, 0.1) is 17.5 Å². The number of nitrogens with one attached hydrogen (secondary N) is 3. The maximum absolute atomic E-state index is 17.0.